The van der Waals surface area contributed by atoms with Gasteiger partial charge in [-0.2, -0.15) is 9.29 Å². The lowest BCUT2D eigenvalue weighted by Gasteiger charge is -2.33. The zero-order valence-electron chi connectivity index (χ0n) is 17.1. The topological polar surface area (TPSA) is 92.4 Å². The number of rotatable bonds is 6. The highest BCUT2D eigenvalue weighted by molar-refractivity contribution is 7.89. The molecule has 1 aliphatic heterocycles. The maximum absolute atomic E-state index is 12.7. The third-order valence-electron chi connectivity index (χ3n) is 5.27. The summed E-state index contributed by atoms with van der Waals surface area (Å²) in [5.41, 5.74) is 2.18. The standard InChI is InChI=1S/C21H25N5O3S/c1-16(2)17-5-7-18(8-6-17)21-23-20(29-24-21)15-25-10-12-26(13-11-25)30(27,28)19-4-3-9-22-14-19/h3-9,14,16H,10-13,15H2,1-2H3. The van der Waals surface area contributed by atoms with Crippen molar-refractivity contribution >= 4 is 10.0 Å². The predicted octanol–water partition coefficient (Wildman–Crippen LogP) is 2.76. The first-order valence-electron chi connectivity index (χ1n) is 9.99. The van der Waals surface area contributed by atoms with Crippen molar-refractivity contribution in [3.8, 4) is 11.4 Å². The lowest BCUT2D eigenvalue weighted by atomic mass is 10.0. The molecular formula is C21H25N5O3S. The van der Waals surface area contributed by atoms with E-state index in [1.54, 1.807) is 18.3 Å². The first-order chi connectivity index (χ1) is 14.4. The third kappa shape index (κ3) is 4.43. The molecular weight excluding hydrogens is 402 g/mol. The molecule has 30 heavy (non-hydrogen) atoms. The summed E-state index contributed by atoms with van der Waals surface area (Å²) in [5, 5.41) is 4.09. The molecule has 1 saturated heterocycles. The molecule has 4 rings (SSSR count). The summed E-state index contributed by atoms with van der Waals surface area (Å²) in [6.07, 6.45) is 2.95. The van der Waals surface area contributed by atoms with E-state index in [9.17, 15) is 8.42 Å². The number of sulfonamides is 1. The van der Waals surface area contributed by atoms with E-state index >= 15 is 0 Å². The zero-order chi connectivity index (χ0) is 21.1. The fraction of sp³-hybridized carbons (Fsp3) is 0.381. The summed E-state index contributed by atoms with van der Waals surface area (Å²) in [6.45, 7) is 6.83. The molecule has 3 aromatic rings. The predicted molar refractivity (Wildman–Crippen MR) is 112 cm³/mol. The molecule has 0 radical (unpaired) electrons. The average molecular weight is 428 g/mol. The molecule has 2 aromatic heterocycles. The number of nitrogens with zero attached hydrogens (tertiary/aromatic N) is 5. The lowest BCUT2D eigenvalue weighted by molar-refractivity contribution is 0.163. The summed E-state index contributed by atoms with van der Waals surface area (Å²) in [4.78, 5) is 10.8. The van der Waals surface area contributed by atoms with Gasteiger partial charge in [-0.25, -0.2) is 8.42 Å². The van der Waals surface area contributed by atoms with Gasteiger partial charge in [0.25, 0.3) is 0 Å². The molecule has 0 amide bonds. The number of piperazine rings is 1. The number of aromatic nitrogens is 3. The molecule has 0 spiro atoms. The molecule has 1 fully saturated rings. The second-order valence-corrected chi connectivity index (χ2v) is 9.60. The second kappa shape index (κ2) is 8.63. The Bertz CT molecular complexity index is 1070. The van der Waals surface area contributed by atoms with Gasteiger partial charge in [0.1, 0.15) is 4.90 Å². The molecule has 0 bridgehead atoms. The lowest BCUT2D eigenvalue weighted by Crippen LogP contribution is -2.48. The molecule has 1 aromatic carbocycles. The normalized spacial score (nSPS) is 16.2. The largest absolute Gasteiger partial charge is 0.338 e. The molecule has 9 heteroatoms. The van der Waals surface area contributed by atoms with Crippen molar-refractivity contribution in [2.75, 3.05) is 26.2 Å². The molecule has 1 aliphatic rings. The van der Waals surface area contributed by atoms with Crippen LogP contribution in [0.3, 0.4) is 0 Å². The minimum Gasteiger partial charge on any atom is -0.338 e. The molecule has 3 heterocycles. The van der Waals surface area contributed by atoms with Crippen LogP contribution in [0.5, 0.6) is 0 Å². The molecule has 8 nitrogen and oxygen atoms in total. The smallest absolute Gasteiger partial charge is 0.244 e. The zero-order valence-corrected chi connectivity index (χ0v) is 17.9. The van der Waals surface area contributed by atoms with Gasteiger partial charge in [-0.3, -0.25) is 9.88 Å². The van der Waals surface area contributed by atoms with Crippen molar-refractivity contribution in [3.63, 3.8) is 0 Å². The fourth-order valence-corrected chi connectivity index (χ4v) is 4.81. The Morgan fingerprint density at radius 3 is 2.43 bits per heavy atom. The molecule has 0 saturated carbocycles. The number of hydrogen-bond donors (Lipinski definition) is 0. The summed E-state index contributed by atoms with van der Waals surface area (Å²) < 4.78 is 32.3. The van der Waals surface area contributed by atoms with Crippen molar-refractivity contribution in [2.45, 2.75) is 31.2 Å². The van der Waals surface area contributed by atoms with Crippen molar-refractivity contribution in [2.24, 2.45) is 0 Å². The van der Waals surface area contributed by atoms with Crippen LogP contribution >= 0.6 is 0 Å². The van der Waals surface area contributed by atoms with Gasteiger partial charge >= 0.3 is 0 Å². The SMILES string of the molecule is CC(C)c1ccc(-c2noc(CN3CCN(S(=O)(=O)c4cccnc4)CC3)n2)cc1. The highest BCUT2D eigenvalue weighted by Gasteiger charge is 2.29. The van der Waals surface area contributed by atoms with Crippen molar-refractivity contribution < 1.29 is 12.9 Å². The maximum atomic E-state index is 12.7. The molecule has 0 N–H and O–H groups in total. The summed E-state index contributed by atoms with van der Waals surface area (Å²) in [7, 11) is -3.51. The number of benzene rings is 1. The van der Waals surface area contributed by atoms with Gasteiger partial charge in [-0.05, 0) is 23.6 Å². The Labute approximate surface area is 176 Å². The maximum Gasteiger partial charge on any atom is 0.244 e. The Kier molecular flexibility index (Phi) is 5.94. The van der Waals surface area contributed by atoms with Crippen LogP contribution in [-0.4, -0.2) is 58.9 Å². The first kappa shape index (κ1) is 20.6. The average Bonchev–Trinajstić information content (AvgIpc) is 3.23. The highest BCUT2D eigenvalue weighted by atomic mass is 32.2. The van der Waals surface area contributed by atoms with E-state index in [2.05, 4.69) is 46.0 Å². The van der Waals surface area contributed by atoms with E-state index in [0.29, 0.717) is 50.4 Å². The third-order valence-corrected chi connectivity index (χ3v) is 7.15. The summed E-state index contributed by atoms with van der Waals surface area (Å²) in [6, 6.07) is 11.4. The minimum absolute atomic E-state index is 0.225. The van der Waals surface area contributed by atoms with Gasteiger partial charge in [0.15, 0.2) is 0 Å². The summed E-state index contributed by atoms with van der Waals surface area (Å²) >= 11 is 0. The van der Waals surface area contributed by atoms with Crippen LogP contribution in [0.4, 0.5) is 0 Å². The Morgan fingerprint density at radius 2 is 1.80 bits per heavy atom. The van der Waals surface area contributed by atoms with Crippen molar-refractivity contribution in [1.29, 1.82) is 0 Å². The van der Waals surface area contributed by atoms with E-state index in [4.69, 9.17) is 4.52 Å². The van der Waals surface area contributed by atoms with E-state index < -0.39 is 10.0 Å². The second-order valence-electron chi connectivity index (χ2n) is 7.66. The van der Waals surface area contributed by atoms with Crippen LogP contribution in [0.15, 0.2) is 58.2 Å². The van der Waals surface area contributed by atoms with E-state index in [1.165, 1.54) is 16.1 Å². The van der Waals surface area contributed by atoms with Crippen LogP contribution < -0.4 is 0 Å². The van der Waals surface area contributed by atoms with E-state index in [0.717, 1.165) is 5.56 Å². The summed E-state index contributed by atoms with van der Waals surface area (Å²) in [5.74, 6) is 1.57. The monoisotopic (exact) mass is 427 g/mol. The molecule has 158 valence electrons. The van der Waals surface area contributed by atoms with Crippen LogP contribution in [0.2, 0.25) is 0 Å². The quantitative estimate of drug-likeness (QED) is 0.597. The Balaban J connectivity index is 1.36. The number of hydrogen-bond acceptors (Lipinski definition) is 7. The van der Waals surface area contributed by atoms with Crippen LogP contribution in [-0.2, 0) is 16.6 Å². The van der Waals surface area contributed by atoms with E-state index in [1.807, 2.05) is 12.1 Å². The van der Waals surface area contributed by atoms with Gasteiger partial charge < -0.3 is 4.52 Å². The highest BCUT2D eigenvalue weighted by Crippen LogP contribution is 2.21. The van der Waals surface area contributed by atoms with Gasteiger partial charge in [-0.15, -0.1) is 0 Å². The van der Waals surface area contributed by atoms with Gasteiger partial charge in [0.2, 0.25) is 21.7 Å². The van der Waals surface area contributed by atoms with Crippen molar-refractivity contribution in [1.82, 2.24) is 24.3 Å². The molecule has 0 aliphatic carbocycles. The number of pyridine rings is 1. The molecule has 0 atom stereocenters. The van der Waals surface area contributed by atoms with Gasteiger partial charge in [-0.1, -0.05) is 43.3 Å². The van der Waals surface area contributed by atoms with Crippen LogP contribution in [0.25, 0.3) is 11.4 Å². The van der Waals surface area contributed by atoms with Crippen LogP contribution in [0.1, 0.15) is 31.2 Å². The van der Waals surface area contributed by atoms with E-state index in [-0.39, 0.29) is 4.90 Å². The Hall–Kier alpha value is -2.62. The van der Waals surface area contributed by atoms with Gasteiger partial charge in [0.05, 0.1) is 6.54 Å². The van der Waals surface area contributed by atoms with Crippen molar-refractivity contribution in [3.05, 3.63) is 60.2 Å². The first-order valence-corrected chi connectivity index (χ1v) is 11.4. The minimum atomic E-state index is -3.51. The fourth-order valence-electron chi connectivity index (χ4n) is 3.42. The Morgan fingerprint density at radius 1 is 1.07 bits per heavy atom. The van der Waals surface area contributed by atoms with Crippen LogP contribution in [0, 0.1) is 0 Å². The molecule has 0 unspecified atom stereocenters. The van der Waals surface area contributed by atoms with Gasteiger partial charge in [0, 0.05) is 44.1 Å².